The molecule has 21 heavy (non-hydrogen) atoms. The molecule has 0 spiro atoms. The second-order valence-corrected chi connectivity index (χ2v) is 4.84. The van der Waals surface area contributed by atoms with Crippen molar-refractivity contribution in [1.82, 2.24) is 0 Å². The molecule has 0 aliphatic heterocycles. The zero-order valence-corrected chi connectivity index (χ0v) is 12.1. The zero-order valence-electron chi connectivity index (χ0n) is 11.4. The molecule has 2 rings (SSSR count). The van der Waals surface area contributed by atoms with Crippen LogP contribution < -0.4 is 10.1 Å². The number of halogens is 1. The first-order valence-electron chi connectivity index (χ1n) is 6.27. The summed E-state index contributed by atoms with van der Waals surface area (Å²) >= 11 is 5.92. The fourth-order valence-electron chi connectivity index (χ4n) is 1.68. The highest BCUT2D eigenvalue weighted by atomic mass is 35.5. The molecule has 4 nitrogen and oxygen atoms in total. The largest absolute Gasteiger partial charge is 0.484 e. The predicted octanol–water partition coefficient (Wildman–Crippen LogP) is 3.54. The lowest BCUT2D eigenvalue weighted by Gasteiger charge is -2.08. The standard InChI is InChI=1S/C16H13ClN2O2/c1-11-8-14(6-7-15(11)17)21-10-16(20)19-13-4-2-12(9-18)3-5-13/h2-8H,10H2,1H3,(H,19,20). The van der Waals surface area contributed by atoms with Crippen molar-refractivity contribution in [1.29, 1.82) is 5.26 Å². The molecular weight excluding hydrogens is 288 g/mol. The van der Waals surface area contributed by atoms with Gasteiger partial charge in [0.15, 0.2) is 6.61 Å². The highest BCUT2D eigenvalue weighted by molar-refractivity contribution is 6.31. The summed E-state index contributed by atoms with van der Waals surface area (Å²) in [5.74, 6) is 0.319. The van der Waals surface area contributed by atoms with E-state index in [1.165, 1.54) is 0 Å². The van der Waals surface area contributed by atoms with E-state index in [4.69, 9.17) is 21.6 Å². The van der Waals surface area contributed by atoms with Crippen molar-refractivity contribution >= 4 is 23.2 Å². The van der Waals surface area contributed by atoms with E-state index in [1.54, 1.807) is 42.5 Å². The Hall–Kier alpha value is -2.51. The van der Waals surface area contributed by atoms with E-state index in [1.807, 2.05) is 13.0 Å². The van der Waals surface area contributed by atoms with Gasteiger partial charge in [0, 0.05) is 10.7 Å². The number of nitriles is 1. The Kier molecular flexibility index (Phi) is 4.81. The summed E-state index contributed by atoms with van der Waals surface area (Å²) in [6, 6.07) is 13.8. The molecule has 2 aromatic rings. The molecule has 0 radical (unpaired) electrons. The Labute approximate surface area is 127 Å². The van der Waals surface area contributed by atoms with Crippen molar-refractivity contribution in [2.75, 3.05) is 11.9 Å². The highest BCUT2D eigenvalue weighted by Gasteiger charge is 2.05. The molecule has 1 N–H and O–H groups in total. The average Bonchev–Trinajstić information content (AvgIpc) is 2.49. The van der Waals surface area contributed by atoms with Gasteiger partial charge in [0.25, 0.3) is 5.91 Å². The molecule has 5 heteroatoms. The van der Waals surface area contributed by atoms with Gasteiger partial charge in [-0.15, -0.1) is 0 Å². The second kappa shape index (κ2) is 6.78. The fourth-order valence-corrected chi connectivity index (χ4v) is 1.80. The molecule has 0 heterocycles. The number of hydrogen-bond donors (Lipinski definition) is 1. The summed E-state index contributed by atoms with van der Waals surface area (Å²) in [6.45, 7) is 1.77. The zero-order chi connectivity index (χ0) is 15.2. The molecule has 1 amide bonds. The lowest BCUT2D eigenvalue weighted by atomic mass is 10.2. The third-order valence-corrected chi connectivity index (χ3v) is 3.22. The number of hydrogen-bond acceptors (Lipinski definition) is 3. The number of benzene rings is 2. The molecule has 0 aromatic heterocycles. The van der Waals surface area contributed by atoms with Crippen LogP contribution in [0.15, 0.2) is 42.5 Å². The number of nitrogens with one attached hydrogen (secondary N) is 1. The number of nitrogens with zero attached hydrogens (tertiary/aromatic N) is 1. The third kappa shape index (κ3) is 4.23. The number of amides is 1. The maximum Gasteiger partial charge on any atom is 0.262 e. The molecule has 0 bridgehead atoms. The van der Waals surface area contributed by atoms with E-state index >= 15 is 0 Å². The van der Waals surface area contributed by atoms with Crippen molar-refractivity contribution in [3.05, 3.63) is 58.6 Å². The smallest absolute Gasteiger partial charge is 0.262 e. The number of carbonyl (C=O) groups excluding carboxylic acids is 1. The van der Waals surface area contributed by atoms with Gasteiger partial charge in [0.2, 0.25) is 0 Å². The van der Waals surface area contributed by atoms with E-state index in [-0.39, 0.29) is 12.5 Å². The lowest BCUT2D eigenvalue weighted by molar-refractivity contribution is -0.118. The van der Waals surface area contributed by atoms with Gasteiger partial charge in [-0.3, -0.25) is 4.79 Å². The lowest BCUT2D eigenvalue weighted by Crippen LogP contribution is -2.20. The summed E-state index contributed by atoms with van der Waals surface area (Å²) in [4.78, 5) is 11.8. The van der Waals surface area contributed by atoms with Crippen LogP contribution in [0.1, 0.15) is 11.1 Å². The van der Waals surface area contributed by atoms with Crippen molar-refractivity contribution in [2.24, 2.45) is 0 Å². The summed E-state index contributed by atoms with van der Waals surface area (Å²) in [6.07, 6.45) is 0. The minimum atomic E-state index is -0.271. The van der Waals surface area contributed by atoms with E-state index in [9.17, 15) is 4.79 Å². The quantitative estimate of drug-likeness (QED) is 0.939. The first-order chi connectivity index (χ1) is 10.1. The number of aryl methyl sites for hydroxylation is 1. The van der Waals surface area contributed by atoms with Gasteiger partial charge >= 0.3 is 0 Å². The van der Waals surface area contributed by atoms with Gasteiger partial charge in [-0.25, -0.2) is 0 Å². The fraction of sp³-hybridized carbons (Fsp3) is 0.125. The van der Waals surface area contributed by atoms with Gasteiger partial charge in [-0.05, 0) is 55.0 Å². The van der Waals surface area contributed by atoms with E-state index in [2.05, 4.69) is 5.32 Å². The van der Waals surface area contributed by atoms with Crippen LogP contribution in [0.4, 0.5) is 5.69 Å². The molecule has 0 saturated carbocycles. The minimum absolute atomic E-state index is 0.0962. The normalized spacial score (nSPS) is 9.76. The summed E-state index contributed by atoms with van der Waals surface area (Å²) in [5, 5.41) is 12.0. The number of carbonyl (C=O) groups is 1. The number of anilines is 1. The van der Waals surface area contributed by atoms with E-state index in [0.29, 0.717) is 22.0 Å². The Morgan fingerprint density at radius 3 is 2.62 bits per heavy atom. The third-order valence-electron chi connectivity index (χ3n) is 2.80. The second-order valence-electron chi connectivity index (χ2n) is 4.44. The van der Waals surface area contributed by atoms with Gasteiger partial charge in [0.05, 0.1) is 11.6 Å². The molecule has 106 valence electrons. The Balaban J connectivity index is 1.89. The van der Waals surface area contributed by atoms with Gasteiger partial charge in [0.1, 0.15) is 5.75 Å². The van der Waals surface area contributed by atoms with E-state index < -0.39 is 0 Å². The molecular formula is C16H13ClN2O2. The SMILES string of the molecule is Cc1cc(OCC(=O)Nc2ccc(C#N)cc2)ccc1Cl. The van der Waals surface area contributed by atoms with E-state index in [0.717, 1.165) is 5.56 Å². The molecule has 0 unspecified atom stereocenters. The van der Waals surface area contributed by atoms with Gasteiger partial charge in [-0.1, -0.05) is 11.6 Å². The van der Waals surface area contributed by atoms with Crippen LogP contribution in [0.2, 0.25) is 5.02 Å². The molecule has 2 aromatic carbocycles. The van der Waals surface area contributed by atoms with Crippen molar-refractivity contribution in [2.45, 2.75) is 6.92 Å². The topological polar surface area (TPSA) is 62.1 Å². The first-order valence-corrected chi connectivity index (χ1v) is 6.65. The molecule has 0 aliphatic rings. The van der Waals surface area contributed by atoms with Crippen LogP contribution in [-0.4, -0.2) is 12.5 Å². The summed E-state index contributed by atoms with van der Waals surface area (Å²) in [5.41, 5.74) is 2.05. The van der Waals surface area contributed by atoms with Gasteiger partial charge < -0.3 is 10.1 Å². The number of ether oxygens (including phenoxy) is 1. The van der Waals surface area contributed by atoms with Crippen LogP contribution in [0.3, 0.4) is 0 Å². The Bertz CT molecular complexity index is 690. The maximum atomic E-state index is 11.8. The summed E-state index contributed by atoms with van der Waals surface area (Å²) < 4.78 is 5.40. The summed E-state index contributed by atoms with van der Waals surface area (Å²) in [7, 11) is 0. The molecule has 0 atom stereocenters. The highest BCUT2D eigenvalue weighted by Crippen LogP contribution is 2.21. The molecule has 0 fully saturated rings. The van der Waals surface area contributed by atoms with Crippen LogP contribution >= 0.6 is 11.6 Å². The van der Waals surface area contributed by atoms with Crippen molar-refractivity contribution in [3.63, 3.8) is 0 Å². The molecule has 0 saturated heterocycles. The van der Waals surface area contributed by atoms with Crippen LogP contribution in [0.25, 0.3) is 0 Å². The van der Waals surface area contributed by atoms with Crippen molar-refractivity contribution in [3.8, 4) is 11.8 Å². The molecule has 0 aliphatic carbocycles. The maximum absolute atomic E-state index is 11.8. The van der Waals surface area contributed by atoms with Gasteiger partial charge in [-0.2, -0.15) is 5.26 Å². The Morgan fingerprint density at radius 1 is 1.29 bits per heavy atom. The Morgan fingerprint density at radius 2 is 2.00 bits per heavy atom. The van der Waals surface area contributed by atoms with Crippen LogP contribution in [-0.2, 0) is 4.79 Å². The van der Waals surface area contributed by atoms with Crippen LogP contribution in [0, 0.1) is 18.3 Å². The minimum Gasteiger partial charge on any atom is -0.484 e. The predicted molar refractivity (Wildman–Crippen MR) is 81.5 cm³/mol. The average molecular weight is 301 g/mol. The van der Waals surface area contributed by atoms with Crippen LogP contribution in [0.5, 0.6) is 5.75 Å². The number of rotatable bonds is 4. The van der Waals surface area contributed by atoms with Crippen molar-refractivity contribution < 1.29 is 9.53 Å². The first kappa shape index (κ1) is 14.9. The monoisotopic (exact) mass is 300 g/mol.